The van der Waals surface area contributed by atoms with Gasteiger partial charge in [0.15, 0.2) is 9.84 Å². The minimum atomic E-state index is -3.20. The zero-order chi connectivity index (χ0) is 19.9. The highest BCUT2D eigenvalue weighted by Gasteiger charge is 2.33. The summed E-state index contributed by atoms with van der Waals surface area (Å²) in [6, 6.07) is 10.8. The standard InChI is InChI=1S/C21H23Cl2NO3S/c1-28(25,26)18-7-5-17(6-8-18)27-24-10-2-3-16(24)11-14-4-9-19-20(14)12-15(22)13-21(19)23/h5-8,12-14,16H,2-4,9-11H2,1H3. The van der Waals surface area contributed by atoms with Crippen LogP contribution in [0.4, 0.5) is 0 Å². The molecule has 0 saturated carbocycles. The number of halogens is 2. The highest BCUT2D eigenvalue weighted by atomic mass is 35.5. The van der Waals surface area contributed by atoms with Crippen LogP contribution in [0.15, 0.2) is 41.3 Å². The van der Waals surface area contributed by atoms with Gasteiger partial charge in [0, 0.05) is 28.9 Å². The summed E-state index contributed by atoms with van der Waals surface area (Å²) in [5.74, 6) is 1.10. The van der Waals surface area contributed by atoms with Crippen LogP contribution >= 0.6 is 23.2 Å². The summed E-state index contributed by atoms with van der Waals surface area (Å²) in [5, 5.41) is 3.51. The van der Waals surface area contributed by atoms with Crippen molar-refractivity contribution in [2.24, 2.45) is 0 Å². The van der Waals surface area contributed by atoms with E-state index in [9.17, 15) is 8.42 Å². The number of hydrogen-bond donors (Lipinski definition) is 0. The first-order valence-electron chi connectivity index (χ1n) is 9.54. The molecule has 2 aromatic carbocycles. The number of hydrogen-bond acceptors (Lipinski definition) is 4. The summed E-state index contributed by atoms with van der Waals surface area (Å²) >= 11 is 12.6. The highest BCUT2D eigenvalue weighted by Crippen LogP contribution is 2.43. The Kier molecular flexibility index (Phi) is 5.62. The number of nitrogens with zero attached hydrogens (tertiary/aromatic N) is 1. The van der Waals surface area contributed by atoms with Crippen molar-refractivity contribution >= 4 is 33.0 Å². The molecule has 2 aromatic rings. The van der Waals surface area contributed by atoms with E-state index in [-0.39, 0.29) is 0 Å². The van der Waals surface area contributed by atoms with E-state index in [0.29, 0.717) is 27.6 Å². The molecule has 28 heavy (non-hydrogen) atoms. The Bertz CT molecular complexity index is 976. The lowest BCUT2D eigenvalue weighted by Crippen LogP contribution is -2.33. The Labute approximate surface area is 176 Å². The van der Waals surface area contributed by atoms with Gasteiger partial charge in [0.05, 0.1) is 4.90 Å². The van der Waals surface area contributed by atoms with Crippen LogP contribution in [0.1, 0.15) is 42.7 Å². The predicted octanol–water partition coefficient (Wildman–Crippen LogP) is 5.28. The Morgan fingerprint density at radius 1 is 1.14 bits per heavy atom. The van der Waals surface area contributed by atoms with Gasteiger partial charge in [-0.25, -0.2) is 8.42 Å². The van der Waals surface area contributed by atoms with Crippen molar-refractivity contribution in [2.75, 3.05) is 12.8 Å². The average Bonchev–Trinajstić information content (AvgIpc) is 3.23. The van der Waals surface area contributed by atoms with E-state index in [1.54, 1.807) is 24.3 Å². The smallest absolute Gasteiger partial charge is 0.175 e. The first-order chi connectivity index (χ1) is 13.3. The van der Waals surface area contributed by atoms with Crippen LogP contribution < -0.4 is 4.84 Å². The molecule has 1 aliphatic carbocycles. The molecule has 0 bridgehead atoms. The highest BCUT2D eigenvalue weighted by molar-refractivity contribution is 7.90. The number of rotatable bonds is 5. The molecule has 4 rings (SSSR count). The second kappa shape index (κ2) is 7.86. The van der Waals surface area contributed by atoms with E-state index in [1.165, 1.54) is 17.4 Å². The summed E-state index contributed by atoms with van der Waals surface area (Å²) in [6.45, 7) is 0.869. The Hall–Kier alpha value is -1.27. The molecule has 1 saturated heterocycles. The molecule has 0 amide bonds. The Morgan fingerprint density at radius 2 is 1.89 bits per heavy atom. The summed E-state index contributed by atoms with van der Waals surface area (Å²) < 4.78 is 23.2. The fourth-order valence-corrected chi connectivity index (χ4v) is 5.58. The zero-order valence-corrected chi connectivity index (χ0v) is 18.0. The van der Waals surface area contributed by atoms with Gasteiger partial charge >= 0.3 is 0 Å². The van der Waals surface area contributed by atoms with Crippen LogP contribution in [0, 0.1) is 0 Å². The van der Waals surface area contributed by atoms with E-state index in [1.807, 2.05) is 11.1 Å². The topological polar surface area (TPSA) is 46.6 Å². The number of benzene rings is 2. The van der Waals surface area contributed by atoms with Gasteiger partial charge in [0.25, 0.3) is 0 Å². The molecule has 2 unspecified atom stereocenters. The zero-order valence-electron chi connectivity index (χ0n) is 15.7. The normalized spacial score (nSPS) is 22.4. The second-order valence-corrected chi connectivity index (χ2v) is 10.6. The van der Waals surface area contributed by atoms with E-state index in [4.69, 9.17) is 28.0 Å². The van der Waals surface area contributed by atoms with Gasteiger partial charge in [-0.2, -0.15) is 0 Å². The number of sulfone groups is 1. The molecule has 2 aliphatic rings. The molecule has 150 valence electrons. The van der Waals surface area contributed by atoms with E-state index < -0.39 is 9.84 Å². The lowest BCUT2D eigenvalue weighted by atomic mass is 9.93. The molecule has 0 radical (unpaired) electrons. The maximum absolute atomic E-state index is 11.6. The van der Waals surface area contributed by atoms with Crippen molar-refractivity contribution < 1.29 is 13.3 Å². The lowest BCUT2D eigenvalue weighted by molar-refractivity contribution is -0.0738. The Balaban J connectivity index is 1.45. The summed E-state index contributed by atoms with van der Waals surface area (Å²) in [7, 11) is -3.20. The molecule has 0 spiro atoms. The fraction of sp³-hybridized carbons (Fsp3) is 0.429. The minimum Gasteiger partial charge on any atom is -0.406 e. The van der Waals surface area contributed by atoms with E-state index in [0.717, 1.165) is 43.7 Å². The molecule has 1 heterocycles. The van der Waals surface area contributed by atoms with E-state index >= 15 is 0 Å². The third-order valence-corrected chi connectivity index (χ3v) is 7.42. The molecule has 4 nitrogen and oxygen atoms in total. The maximum Gasteiger partial charge on any atom is 0.175 e. The summed E-state index contributed by atoms with van der Waals surface area (Å²) in [4.78, 5) is 6.39. The number of fused-ring (bicyclic) bond motifs is 1. The van der Waals surface area contributed by atoms with Crippen molar-refractivity contribution in [3.8, 4) is 5.75 Å². The third kappa shape index (κ3) is 4.18. The van der Waals surface area contributed by atoms with Crippen molar-refractivity contribution in [1.82, 2.24) is 5.06 Å². The molecular weight excluding hydrogens is 417 g/mol. The van der Waals surface area contributed by atoms with Gasteiger partial charge in [-0.05, 0) is 85.5 Å². The summed E-state index contributed by atoms with van der Waals surface area (Å²) in [5.41, 5.74) is 2.51. The van der Waals surface area contributed by atoms with Crippen molar-refractivity contribution in [1.29, 1.82) is 0 Å². The van der Waals surface area contributed by atoms with Crippen LogP contribution in [0.25, 0.3) is 0 Å². The van der Waals surface area contributed by atoms with Crippen LogP contribution in [0.3, 0.4) is 0 Å². The molecule has 7 heteroatoms. The maximum atomic E-state index is 11.6. The average molecular weight is 440 g/mol. The van der Waals surface area contributed by atoms with Crippen molar-refractivity contribution in [3.05, 3.63) is 57.6 Å². The third-order valence-electron chi connectivity index (χ3n) is 5.73. The van der Waals surface area contributed by atoms with Gasteiger partial charge in [-0.3, -0.25) is 0 Å². The van der Waals surface area contributed by atoms with Crippen LogP contribution in [0.2, 0.25) is 10.0 Å². The lowest BCUT2D eigenvalue weighted by Gasteiger charge is -2.27. The first kappa shape index (κ1) is 20.0. The van der Waals surface area contributed by atoms with Gasteiger partial charge < -0.3 is 4.84 Å². The predicted molar refractivity (Wildman–Crippen MR) is 112 cm³/mol. The van der Waals surface area contributed by atoms with Gasteiger partial charge in [0.1, 0.15) is 5.75 Å². The van der Waals surface area contributed by atoms with Crippen LogP contribution in [-0.4, -0.2) is 32.3 Å². The van der Waals surface area contributed by atoms with Gasteiger partial charge in [0.2, 0.25) is 0 Å². The second-order valence-electron chi connectivity index (χ2n) is 7.70. The fourth-order valence-electron chi connectivity index (χ4n) is 4.35. The quantitative estimate of drug-likeness (QED) is 0.635. The van der Waals surface area contributed by atoms with Crippen LogP contribution in [0.5, 0.6) is 5.75 Å². The molecule has 0 aromatic heterocycles. The Morgan fingerprint density at radius 3 is 2.61 bits per heavy atom. The van der Waals surface area contributed by atoms with E-state index in [2.05, 4.69) is 6.07 Å². The first-order valence-corrected chi connectivity index (χ1v) is 12.2. The van der Waals surface area contributed by atoms with Crippen molar-refractivity contribution in [3.63, 3.8) is 0 Å². The number of hydroxylamine groups is 2. The van der Waals surface area contributed by atoms with Crippen molar-refractivity contribution in [2.45, 2.75) is 49.0 Å². The molecule has 2 atom stereocenters. The monoisotopic (exact) mass is 439 g/mol. The SMILES string of the molecule is CS(=O)(=O)c1ccc(ON2CCCC2CC2CCc3c(Cl)cc(Cl)cc32)cc1. The molecule has 1 fully saturated rings. The molecule has 1 aliphatic heterocycles. The van der Waals surface area contributed by atoms with Gasteiger partial charge in [-0.1, -0.05) is 23.2 Å². The molecular formula is C21H23Cl2NO3S. The van der Waals surface area contributed by atoms with Crippen LogP contribution in [-0.2, 0) is 16.3 Å². The molecule has 0 N–H and O–H groups in total. The largest absolute Gasteiger partial charge is 0.406 e. The van der Waals surface area contributed by atoms with Gasteiger partial charge in [-0.15, -0.1) is 5.06 Å². The summed E-state index contributed by atoms with van der Waals surface area (Å²) in [6.07, 6.45) is 6.46. The minimum absolute atomic E-state index is 0.300.